The van der Waals surface area contributed by atoms with E-state index in [1.165, 1.54) is 0 Å². The highest BCUT2D eigenvalue weighted by atomic mass is 35.5. The third-order valence-electron chi connectivity index (χ3n) is 3.08. The summed E-state index contributed by atoms with van der Waals surface area (Å²) in [4.78, 5) is 0. The Hall–Kier alpha value is -2.50. The number of hydrogen-bond donors (Lipinski definition) is 1. The minimum atomic E-state index is 0.407. The molecule has 0 spiro atoms. The number of hydrogen-bond acceptors (Lipinski definition) is 3. The average molecular weight is 341 g/mol. The number of benzene rings is 2. The zero-order valence-corrected chi connectivity index (χ0v) is 13.6. The van der Waals surface area contributed by atoms with Crippen LogP contribution < -0.4 is 0 Å². The van der Waals surface area contributed by atoms with Gasteiger partial charge in [0.1, 0.15) is 0 Å². The number of halogens is 1. The van der Waals surface area contributed by atoms with Crippen LogP contribution in [0.1, 0.15) is 5.56 Å². The molecule has 4 nitrogen and oxygen atoms in total. The summed E-state index contributed by atoms with van der Waals surface area (Å²) in [5, 5.41) is 11.8. The van der Waals surface area contributed by atoms with Gasteiger partial charge in [0.2, 0.25) is 4.77 Å². The molecule has 1 aromatic heterocycles. The third-order valence-corrected chi connectivity index (χ3v) is 3.55. The summed E-state index contributed by atoms with van der Waals surface area (Å²) in [6, 6.07) is 19.5. The Kier molecular flexibility index (Phi) is 4.80. The van der Waals surface area contributed by atoms with E-state index < -0.39 is 0 Å². The summed E-state index contributed by atoms with van der Waals surface area (Å²) in [6.07, 6.45) is 3.38. The van der Waals surface area contributed by atoms with Gasteiger partial charge in [0.25, 0.3) is 0 Å². The van der Waals surface area contributed by atoms with Crippen LogP contribution in [0.3, 0.4) is 0 Å². The summed E-state index contributed by atoms with van der Waals surface area (Å²) in [5.74, 6) is 0.635. The maximum atomic E-state index is 6.22. The maximum absolute atomic E-state index is 6.22. The summed E-state index contributed by atoms with van der Waals surface area (Å²) in [6.45, 7) is 0. The summed E-state index contributed by atoms with van der Waals surface area (Å²) in [7, 11) is 0. The Morgan fingerprint density at radius 2 is 1.74 bits per heavy atom. The van der Waals surface area contributed by atoms with E-state index in [1.54, 1.807) is 10.9 Å². The maximum Gasteiger partial charge on any atom is 0.216 e. The Balaban J connectivity index is 1.90. The van der Waals surface area contributed by atoms with Crippen LogP contribution in [-0.4, -0.2) is 21.1 Å². The summed E-state index contributed by atoms with van der Waals surface area (Å²) in [5.41, 5.74) is 1.92. The molecule has 3 rings (SSSR count). The topological polar surface area (TPSA) is 46.0 Å². The first kappa shape index (κ1) is 15.4. The molecule has 0 radical (unpaired) electrons. The van der Waals surface area contributed by atoms with Gasteiger partial charge in [-0.3, -0.25) is 0 Å². The van der Waals surface area contributed by atoms with Crippen LogP contribution in [0, 0.1) is 4.77 Å². The fraction of sp³-hybridized carbons (Fsp3) is 0. The van der Waals surface area contributed by atoms with E-state index in [-0.39, 0.29) is 0 Å². The zero-order chi connectivity index (χ0) is 16.1. The molecular formula is C17H13ClN4S. The molecule has 0 aliphatic rings. The lowest BCUT2D eigenvalue weighted by Gasteiger charge is -2.00. The van der Waals surface area contributed by atoms with Crippen molar-refractivity contribution in [3.05, 3.63) is 76.0 Å². The van der Waals surface area contributed by atoms with Gasteiger partial charge in [-0.2, -0.15) is 14.9 Å². The van der Waals surface area contributed by atoms with Gasteiger partial charge in [0.05, 0.1) is 11.2 Å². The Morgan fingerprint density at radius 1 is 1.09 bits per heavy atom. The number of nitrogens with one attached hydrogen (secondary N) is 1. The fourth-order valence-corrected chi connectivity index (χ4v) is 2.38. The molecule has 0 saturated carbocycles. The fourth-order valence-electron chi connectivity index (χ4n) is 2.03. The lowest BCUT2D eigenvalue weighted by Crippen LogP contribution is -1.94. The van der Waals surface area contributed by atoms with Crippen molar-refractivity contribution < 1.29 is 0 Å². The lowest BCUT2D eigenvalue weighted by atomic mass is 10.2. The van der Waals surface area contributed by atoms with E-state index in [4.69, 9.17) is 23.8 Å². The Labute approximate surface area is 143 Å². The molecule has 1 heterocycles. The molecular weight excluding hydrogens is 328 g/mol. The van der Waals surface area contributed by atoms with Crippen LogP contribution in [-0.2, 0) is 0 Å². The summed E-state index contributed by atoms with van der Waals surface area (Å²) >= 11 is 11.4. The minimum absolute atomic E-state index is 0.407. The van der Waals surface area contributed by atoms with Crippen molar-refractivity contribution >= 4 is 36.1 Å². The van der Waals surface area contributed by atoms with Crippen molar-refractivity contribution in [2.24, 2.45) is 5.10 Å². The second-order valence-corrected chi connectivity index (χ2v) is 5.54. The molecule has 0 aliphatic heterocycles. The lowest BCUT2D eigenvalue weighted by molar-refractivity contribution is 0.872. The number of aromatic nitrogens is 3. The molecule has 0 amide bonds. The Bertz CT molecular complexity index is 895. The van der Waals surface area contributed by atoms with Gasteiger partial charge < -0.3 is 0 Å². The normalized spacial score (nSPS) is 12.0. The smallest absolute Gasteiger partial charge is 0.216 e. The van der Waals surface area contributed by atoms with Crippen molar-refractivity contribution in [3.63, 3.8) is 0 Å². The molecule has 0 atom stereocenters. The van der Waals surface area contributed by atoms with E-state index in [0.717, 1.165) is 11.1 Å². The molecule has 114 valence electrons. The second-order valence-electron chi connectivity index (χ2n) is 4.71. The van der Waals surface area contributed by atoms with Gasteiger partial charge in [-0.1, -0.05) is 72.3 Å². The largest absolute Gasteiger partial charge is 0.250 e. The highest BCUT2D eigenvalue weighted by Crippen LogP contribution is 2.16. The molecule has 0 saturated heterocycles. The van der Waals surface area contributed by atoms with Gasteiger partial charge in [-0.15, -0.1) is 0 Å². The number of aromatic amines is 1. The van der Waals surface area contributed by atoms with Crippen molar-refractivity contribution in [2.75, 3.05) is 0 Å². The molecule has 0 unspecified atom stereocenters. The van der Waals surface area contributed by atoms with E-state index in [0.29, 0.717) is 15.6 Å². The summed E-state index contributed by atoms with van der Waals surface area (Å²) < 4.78 is 1.95. The number of rotatable bonds is 4. The molecule has 1 N–H and O–H groups in total. The number of allylic oxidation sites excluding steroid dienone is 1. The van der Waals surface area contributed by atoms with Gasteiger partial charge in [0.15, 0.2) is 5.82 Å². The van der Waals surface area contributed by atoms with E-state index in [1.807, 2.05) is 66.7 Å². The van der Waals surface area contributed by atoms with Crippen molar-refractivity contribution in [3.8, 4) is 11.4 Å². The highest BCUT2D eigenvalue weighted by molar-refractivity contribution is 7.71. The molecule has 6 heteroatoms. The van der Waals surface area contributed by atoms with Crippen molar-refractivity contribution in [2.45, 2.75) is 0 Å². The molecule has 0 aliphatic carbocycles. The van der Waals surface area contributed by atoms with Crippen LogP contribution in [0.5, 0.6) is 0 Å². The first-order valence-corrected chi connectivity index (χ1v) is 7.72. The number of nitrogens with zero attached hydrogens (tertiary/aromatic N) is 3. The van der Waals surface area contributed by atoms with Gasteiger partial charge in [-0.25, -0.2) is 5.10 Å². The van der Waals surface area contributed by atoms with Crippen LogP contribution in [0.4, 0.5) is 0 Å². The Morgan fingerprint density at radius 3 is 2.43 bits per heavy atom. The van der Waals surface area contributed by atoms with Crippen LogP contribution in [0.15, 0.2) is 70.8 Å². The predicted octanol–water partition coefficient (Wildman–Crippen LogP) is 4.72. The molecule has 0 fully saturated rings. The van der Waals surface area contributed by atoms with Gasteiger partial charge in [-0.05, 0) is 23.9 Å². The van der Waals surface area contributed by atoms with E-state index in [2.05, 4.69) is 15.3 Å². The minimum Gasteiger partial charge on any atom is -0.250 e. The zero-order valence-electron chi connectivity index (χ0n) is 12.1. The average Bonchev–Trinajstić information content (AvgIpc) is 2.95. The van der Waals surface area contributed by atoms with Gasteiger partial charge >= 0.3 is 0 Å². The molecule has 23 heavy (non-hydrogen) atoms. The molecule has 3 aromatic rings. The number of H-pyrrole nitrogens is 1. The first-order valence-electron chi connectivity index (χ1n) is 6.93. The predicted molar refractivity (Wildman–Crippen MR) is 97.0 cm³/mol. The third kappa shape index (κ3) is 3.83. The van der Waals surface area contributed by atoms with Gasteiger partial charge in [0, 0.05) is 5.56 Å². The SMILES string of the molecule is S=c1[nH]nc(-c2ccccc2)n1N=CC(Cl)=Cc1ccccc1. The second kappa shape index (κ2) is 7.17. The van der Waals surface area contributed by atoms with E-state index in [9.17, 15) is 0 Å². The quantitative estimate of drug-likeness (QED) is 0.551. The standard InChI is InChI=1S/C17H13ClN4S/c18-15(11-13-7-3-1-4-8-13)12-19-22-16(20-21-17(22)23)14-9-5-2-6-10-14/h1-12H,(H,21,23). The van der Waals surface area contributed by atoms with E-state index >= 15 is 0 Å². The van der Waals surface area contributed by atoms with Crippen LogP contribution in [0.2, 0.25) is 0 Å². The molecule has 2 aromatic carbocycles. The monoisotopic (exact) mass is 340 g/mol. The highest BCUT2D eigenvalue weighted by Gasteiger charge is 2.06. The van der Waals surface area contributed by atoms with Crippen LogP contribution >= 0.6 is 23.8 Å². The van der Waals surface area contributed by atoms with Crippen LogP contribution in [0.25, 0.3) is 17.5 Å². The molecule has 0 bridgehead atoms. The van der Waals surface area contributed by atoms with Crippen molar-refractivity contribution in [1.82, 2.24) is 14.9 Å². The van der Waals surface area contributed by atoms with Crippen molar-refractivity contribution in [1.29, 1.82) is 0 Å². The first-order chi connectivity index (χ1) is 11.2.